The van der Waals surface area contributed by atoms with Crippen LogP contribution in [0.4, 0.5) is 4.39 Å². The second kappa shape index (κ2) is 5.44. The maximum atomic E-state index is 13.6. The number of nitrogens with zero attached hydrogens (tertiary/aromatic N) is 2. The van der Waals surface area contributed by atoms with E-state index in [0.717, 1.165) is 5.56 Å². The van der Waals surface area contributed by atoms with Gasteiger partial charge in [0.2, 0.25) is 0 Å². The molecule has 2 rings (SSSR count). The molecule has 1 aromatic carbocycles. The van der Waals surface area contributed by atoms with Gasteiger partial charge in [-0.25, -0.2) is 4.39 Å². The fourth-order valence-electron chi connectivity index (χ4n) is 1.75. The van der Waals surface area contributed by atoms with Gasteiger partial charge in [-0.05, 0) is 40.0 Å². The molecule has 0 spiro atoms. The summed E-state index contributed by atoms with van der Waals surface area (Å²) < 4.78 is 15.7. The average molecular weight is 311 g/mol. The van der Waals surface area contributed by atoms with E-state index in [-0.39, 0.29) is 17.8 Å². The van der Waals surface area contributed by atoms with E-state index < -0.39 is 5.82 Å². The van der Waals surface area contributed by atoms with Gasteiger partial charge in [0.25, 0.3) is 0 Å². The van der Waals surface area contributed by atoms with Crippen LogP contribution < -0.4 is 0 Å². The molecular weight excluding hydrogens is 299 g/mol. The molecular formula is C13H12BrFN2O. The van der Waals surface area contributed by atoms with E-state index in [1.54, 1.807) is 23.0 Å². The summed E-state index contributed by atoms with van der Waals surface area (Å²) >= 11 is 3.20. The van der Waals surface area contributed by atoms with Crippen molar-refractivity contribution < 1.29 is 9.18 Å². The molecule has 5 heteroatoms. The number of benzene rings is 1. The minimum Gasteiger partial charge on any atom is -0.294 e. The number of hydrogen-bond acceptors (Lipinski definition) is 2. The minimum atomic E-state index is -0.486. The molecule has 3 nitrogen and oxygen atoms in total. The van der Waals surface area contributed by atoms with Crippen LogP contribution in [0, 0.1) is 5.82 Å². The Balaban J connectivity index is 2.08. The normalized spacial score (nSPS) is 10.6. The van der Waals surface area contributed by atoms with Gasteiger partial charge in [0, 0.05) is 24.1 Å². The van der Waals surface area contributed by atoms with Crippen LogP contribution in [-0.4, -0.2) is 15.6 Å². The second-order valence-electron chi connectivity index (χ2n) is 4.04. The van der Waals surface area contributed by atoms with Crippen molar-refractivity contribution in [1.82, 2.24) is 9.78 Å². The molecule has 0 saturated carbocycles. The van der Waals surface area contributed by atoms with Crippen molar-refractivity contribution in [1.29, 1.82) is 0 Å². The Labute approximate surface area is 113 Å². The fourth-order valence-corrected chi connectivity index (χ4v) is 2.31. The molecule has 0 aliphatic rings. The summed E-state index contributed by atoms with van der Waals surface area (Å²) in [6.07, 6.45) is 4.39. The Morgan fingerprint density at radius 1 is 1.50 bits per heavy atom. The molecule has 2 aromatic rings. The summed E-state index contributed by atoms with van der Waals surface area (Å²) in [4.78, 5) is 12.0. The van der Waals surface area contributed by atoms with Crippen molar-refractivity contribution in [2.24, 2.45) is 7.05 Å². The van der Waals surface area contributed by atoms with E-state index in [1.807, 2.05) is 13.2 Å². The fraction of sp³-hybridized carbons (Fsp3) is 0.231. The third-order valence-electron chi connectivity index (χ3n) is 2.64. The molecule has 0 amide bonds. The van der Waals surface area contributed by atoms with Crippen LogP contribution in [0.2, 0.25) is 0 Å². The largest absolute Gasteiger partial charge is 0.294 e. The summed E-state index contributed by atoms with van der Waals surface area (Å²) in [6, 6.07) is 4.53. The van der Waals surface area contributed by atoms with Crippen molar-refractivity contribution in [2.45, 2.75) is 12.8 Å². The SMILES string of the molecule is Cn1cc(CCC(=O)c2c(F)cccc2Br)cn1. The first-order valence-corrected chi connectivity index (χ1v) is 6.32. The summed E-state index contributed by atoms with van der Waals surface area (Å²) in [5.74, 6) is -0.690. The van der Waals surface area contributed by atoms with Gasteiger partial charge in [0.05, 0.1) is 11.8 Å². The average Bonchev–Trinajstić information content (AvgIpc) is 2.72. The standard InChI is InChI=1S/C13H12BrFN2O/c1-17-8-9(7-16-17)5-6-12(18)13-10(14)3-2-4-11(13)15/h2-4,7-8H,5-6H2,1H3. The lowest BCUT2D eigenvalue weighted by Gasteiger charge is -2.04. The molecule has 0 saturated heterocycles. The zero-order chi connectivity index (χ0) is 13.1. The second-order valence-corrected chi connectivity index (χ2v) is 4.90. The number of ketones is 1. The number of hydrogen-bond donors (Lipinski definition) is 0. The summed E-state index contributed by atoms with van der Waals surface area (Å²) in [5.41, 5.74) is 1.10. The van der Waals surface area contributed by atoms with Crippen LogP contribution in [0.15, 0.2) is 35.1 Å². The summed E-state index contributed by atoms with van der Waals surface area (Å²) in [7, 11) is 1.82. The lowest BCUT2D eigenvalue weighted by Crippen LogP contribution is -2.05. The highest BCUT2D eigenvalue weighted by atomic mass is 79.9. The van der Waals surface area contributed by atoms with Crippen molar-refractivity contribution >= 4 is 21.7 Å². The molecule has 0 unspecified atom stereocenters. The van der Waals surface area contributed by atoms with Gasteiger partial charge in [-0.15, -0.1) is 0 Å². The molecule has 0 atom stereocenters. The predicted molar refractivity (Wildman–Crippen MR) is 70.0 cm³/mol. The van der Waals surface area contributed by atoms with E-state index in [4.69, 9.17) is 0 Å². The number of Topliss-reactive ketones (excluding diaryl/α,β-unsaturated/α-hetero) is 1. The van der Waals surface area contributed by atoms with Crippen molar-refractivity contribution in [3.05, 3.63) is 52.0 Å². The first-order valence-electron chi connectivity index (χ1n) is 5.52. The molecule has 0 aliphatic heterocycles. The quantitative estimate of drug-likeness (QED) is 0.813. The zero-order valence-corrected chi connectivity index (χ0v) is 11.4. The Bertz CT molecular complexity index is 560. The van der Waals surface area contributed by atoms with Crippen LogP contribution >= 0.6 is 15.9 Å². The van der Waals surface area contributed by atoms with E-state index in [9.17, 15) is 9.18 Å². The highest BCUT2D eigenvalue weighted by molar-refractivity contribution is 9.10. The number of aryl methyl sites for hydroxylation is 2. The van der Waals surface area contributed by atoms with Crippen LogP contribution in [0.5, 0.6) is 0 Å². The van der Waals surface area contributed by atoms with Gasteiger partial charge in [-0.3, -0.25) is 9.48 Å². The van der Waals surface area contributed by atoms with E-state index in [2.05, 4.69) is 21.0 Å². The van der Waals surface area contributed by atoms with E-state index in [0.29, 0.717) is 10.9 Å². The van der Waals surface area contributed by atoms with Gasteiger partial charge in [-0.2, -0.15) is 5.10 Å². The van der Waals surface area contributed by atoms with Gasteiger partial charge < -0.3 is 0 Å². The molecule has 0 N–H and O–H groups in total. The Kier molecular flexibility index (Phi) is 3.91. The monoisotopic (exact) mass is 310 g/mol. The van der Waals surface area contributed by atoms with Gasteiger partial charge in [0.1, 0.15) is 5.82 Å². The molecule has 0 bridgehead atoms. The van der Waals surface area contributed by atoms with Crippen LogP contribution in [0.25, 0.3) is 0 Å². The minimum absolute atomic E-state index is 0.126. The molecule has 18 heavy (non-hydrogen) atoms. The van der Waals surface area contributed by atoms with E-state index in [1.165, 1.54) is 6.07 Å². The van der Waals surface area contributed by atoms with Gasteiger partial charge >= 0.3 is 0 Å². The van der Waals surface area contributed by atoms with Gasteiger partial charge in [0.15, 0.2) is 5.78 Å². The Morgan fingerprint density at radius 3 is 2.89 bits per heavy atom. The van der Waals surface area contributed by atoms with Crippen LogP contribution in [-0.2, 0) is 13.5 Å². The first-order chi connectivity index (χ1) is 8.58. The van der Waals surface area contributed by atoms with E-state index >= 15 is 0 Å². The topological polar surface area (TPSA) is 34.9 Å². The third kappa shape index (κ3) is 2.85. The Hall–Kier alpha value is -1.49. The summed E-state index contributed by atoms with van der Waals surface area (Å²) in [6.45, 7) is 0. The highest BCUT2D eigenvalue weighted by Crippen LogP contribution is 2.21. The summed E-state index contributed by atoms with van der Waals surface area (Å²) in [5, 5.41) is 4.02. The number of rotatable bonds is 4. The van der Waals surface area contributed by atoms with Crippen LogP contribution in [0.1, 0.15) is 22.3 Å². The number of carbonyl (C=O) groups is 1. The van der Waals surface area contributed by atoms with Crippen molar-refractivity contribution in [3.8, 4) is 0 Å². The maximum Gasteiger partial charge on any atom is 0.167 e. The lowest BCUT2D eigenvalue weighted by atomic mass is 10.0. The maximum absolute atomic E-state index is 13.6. The smallest absolute Gasteiger partial charge is 0.167 e. The van der Waals surface area contributed by atoms with Crippen molar-refractivity contribution in [2.75, 3.05) is 0 Å². The highest BCUT2D eigenvalue weighted by Gasteiger charge is 2.15. The molecule has 1 heterocycles. The van der Waals surface area contributed by atoms with Crippen molar-refractivity contribution in [3.63, 3.8) is 0 Å². The lowest BCUT2D eigenvalue weighted by molar-refractivity contribution is 0.0978. The first kappa shape index (κ1) is 13.0. The molecule has 94 valence electrons. The molecule has 1 aromatic heterocycles. The predicted octanol–water partition coefficient (Wildman–Crippen LogP) is 3.14. The number of aromatic nitrogens is 2. The molecule has 0 aliphatic carbocycles. The van der Waals surface area contributed by atoms with Gasteiger partial charge in [-0.1, -0.05) is 6.07 Å². The van der Waals surface area contributed by atoms with Crippen LogP contribution in [0.3, 0.4) is 0 Å². The number of halogens is 2. The molecule has 0 fully saturated rings. The number of carbonyl (C=O) groups excluding carboxylic acids is 1. The Morgan fingerprint density at radius 2 is 2.28 bits per heavy atom. The third-order valence-corrected chi connectivity index (χ3v) is 3.30. The molecule has 0 radical (unpaired) electrons. The zero-order valence-electron chi connectivity index (χ0n) is 9.86.